The molecule has 0 bridgehead atoms. The molecule has 0 atom stereocenters. The Labute approximate surface area is 130 Å². The van der Waals surface area contributed by atoms with Gasteiger partial charge in [0.05, 0.1) is 5.92 Å². The van der Waals surface area contributed by atoms with Crippen molar-refractivity contribution >= 4 is 17.3 Å². The van der Waals surface area contributed by atoms with Gasteiger partial charge in [-0.3, -0.25) is 14.4 Å². The van der Waals surface area contributed by atoms with Crippen LogP contribution in [0.25, 0.3) is 0 Å². The summed E-state index contributed by atoms with van der Waals surface area (Å²) in [4.78, 5) is 36.5. The number of carbonyl (C=O) groups excluding carboxylic acids is 3. The average molecular weight is 294 g/mol. The van der Waals surface area contributed by atoms with Gasteiger partial charge in [-0.1, -0.05) is 67.6 Å². The van der Waals surface area contributed by atoms with Crippen molar-refractivity contribution in [1.82, 2.24) is 0 Å². The fourth-order valence-corrected chi connectivity index (χ4v) is 2.40. The zero-order valence-corrected chi connectivity index (χ0v) is 12.5. The van der Waals surface area contributed by atoms with Crippen molar-refractivity contribution in [2.45, 2.75) is 25.7 Å². The van der Waals surface area contributed by atoms with Gasteiger partial charge in [-0.15, -0.1) is 0 Å². The maximum absolute atomic E-state index is 12.6. The summed E-state index contributed by atoms with van der Waals surface area (Å²) in [6.07, 6.45) is 0.667. The minimum atomic E-state index is -0.903. The monoisotopic (exact) mass is 294 g/mol. The Bertz CT molecular complexity index is 620. The number of hydrogen-bond donors (Lipinski definition) is 0. The van der Waals surface area contributed by atoms with E-state index in [1.54, 1.807) is 24.3 Å². The normalized spacial score (nSPS) is 10.5. The molecule has 22 heavy (non-hydrogen) atoms. The molecule has 2 rings (SSSR count). The Morgan fingerprint density at radius 2 is 1.27 bits per heavy atom. The van der Waals surface area contributed by atoms with Gasteiger partial charge in [0.15, 0.2) is 0 Å². The summed E-state index contributed by atoms with van der Waals surface area (Å²) >= 11 is 0. The predicted molar refractivity (Wildman–Crippen MR) is 84.7 cm³/mol. The van der Waals surface area contributed by atoms with E-state index in [9.17, 15) is 14.4 Å². The van der Waals surface area contributed by atoms with E-state index in [4.69, 9.17) is 0 Å². The Balaban J connectivity index is 2.39. The summed E-state index contributed by atoms with van der Waals surface area (Å²) in [6, 6.07) is 18.2. The molecule has 3 nitrogen and oxygen atoms in total. The lowest BCUT2D eigenvalue weighted by Crippen LogP contribution is -2.29. The predicted octanol–water partition coefficient (Wildman–Crippen LogP) is 3.33. The minimum absolute atomic E-state index is 0.112. The van der Waals surface area contributed by atoms with E-state index in [1.807, 2.05) is 43.3 Å². The van der Waals surface area contributed by atoms with Gasteiger partial charge in [0.25, 0.3) is 5.78 Å². The second kappa shape index (κ2) is 7.46. The van der Waals surface area contributed by atoms with Crippen molar-refractivity contribution in [3.63, 3.8) is 0 Å². The lowest BCUT2D eigenvalue weighted by Gasteiger charge is -2.15. The molecule has 0 amide bonds. The van der Waals surface area contributed by atoms with Crippen LogP contribution >= 0.6 is 0 Å². The summed E-state index contributed by atoms with van der Waals surface area (Å²) in [7, 11) is 0. The highest BCUT2D eigenvalue weighted by Crippen LogP contribution is 2.26. The molecule has 0 saturated heterocycles. The molecule has 0 spiro atoms. The number of rotatable bonds is 7. The van der Waals surface area contributed by atoms with Gasteiger partial charge in [-0.2, -0.15) is 0 Å². The van der Waals surface area contributed by atoms with Crippen LogP contribution in [0, 0.1) is 0 Å². The number of hydrogen-bond acceptors (Lipinski definition) is 3. The van der Waals surface area contributed by atoms with E-state index in [1.165, 1.54) is 0 Å². The molecule has 0 fully saturated rings. The van der Waals surface area contributed by atoms with E-state index in [0.29, 0.717) is 6.42 Å². The Kier molecular flexibility index (Phi) is 5.37. The van der Waals surface area contributed by atoms with Crippen LogP contribution < -0.4 is 0 Å². The lowest BCUT2D eigenvalue weighted by atomic mass is 9.85. The highest BCUT2D eigenvalue weighted by molar-refractivity contribution is 6.65. The van der Waals surface area contributed by atoms with Crippen molar-refractivity contribution in [3.05, 3.63) is 71.8 Å². The van der Waals surface area contributed by atoms with Crippen LogP contribution in [0.1, 0.15) is 36.8 Å². The van der Waals surface area contributed by atoms with Crippen LogP contribution in [0.5, 0.6) is 0 Å². The molecule has 2 aromatic carbocycles. The van der Waals surface area contributed by atoms with Crippen molar-refractivity contribution in [2.24, 2.45) is 0 Å². The third-order valence-electron chi connectivity index (χ3n) is 3.48. The topological polar surface area (TPSA) is 51.2 Å². The second-order valence-electron chi connectivity index (χ2n) is 5.12. The fourth-order valence-electron chi connectivity index (χ4n) is 2.40. The third-order valence-corrected chi connectivity index (χ3v) is 3.48. The van der Waals surface area contributed by atoms with Gasteiger partial charge in [0.2, 0.25) is 11.6 Å². The summed E-state index contributed by atoms with van der Waals surface area (Å²) in [5.41, 5.74) is 1.44. The molecular formula is C19H18O3. The standard InChI is InChI=1S/C19H18O3/c1-2-9-16(20)18(21)19(22)17(14-10-5-3-6-11-14)15-12-7-4-8-13-15/h3-8,10-13,17H,2,9H2,1H3. The Morgan fingerprint density at radius 1 is 0.818 bits per heavy atom. The van der Waals surface area contributed by atoms with Crippen LogP contribution in [-0.4, -0.2) is 17.3 Å². The minimum Gasteiger partial charge on any atom is -0.290 e. The highest BCUT2D eigenvalue weighted by atomic mass is 16.2. The molecule has 0 aliphatic rings. The summed E-state index contributed by atoms with van der Waals surface area (Å²) in [5.74, 6) is -2.89. The molecule has 112 valence electrons. The van der Waals surface area contributed by atoms with Crippen LogP contribution in [-0.2, 0) is 14.4 Å². The SMILES string of the molecule is CCCC(=O)C(=O)C(=O)C(c1ccccc1)c1ccccc1. The first kappa shape index (κ1) is 15.8. The van der Waals surface area contributed by atoms with Gasteiger partial charge in [-0.05, 0) is 17.5 Å². The Hall–Kier alpha value is -2.55. The van der Waals surface area contributed by atoms with E-state index in [0.717, 1.165) is 11.1 Å². The average Bonchev–Trinajstić information content (AvgIpc) is 2.56. The Morgan fingerprint density at radius 3 is 1.68 bits per heavy atom. The number of benzene rings is 2. The quantitative estimate of drug-likeness (QED) is 0.581. The molecule has 0 N–H and O–H groups in total. The fraction of sp³-hybridized carbons (Fsp3) is 0.211. The first-order valence-electron chi connectivity index (χ1n) is 7.36. The van der Waals surface area contributed by atoms with Gasteiger partial charge in [0.1, 0.15) is 0 Å². The molecule has 3 heteroatoms. The molecule has 0 saturated carbocycles. The summed E-state index contributed by atoms with van der Waals surface area (Å²) in [5, 5.41) is 0. The van der Waals surface area contributed by atoms with Crippen LogP contribution in [0.3, 0.4) is 0 Å². The van der Waals surface area contributed by atoms with Gasteiger partial charge in [0, 0.05) is 6.42 Å². The van der Waals surface area contributed by atoms with Crippen molar-refractivity contribution in [3.8, 4) is 0 Å². The van der Waals surface area contributed by atoms with E-state index in [-0.39, 0.29) is 6.42 Å². The largest absolute Gasteiger partial charge is 0.290 e. The highest BCUT2D eigenvalue weighted by Gasteiger charge is 2.31. The maximum atomic E-state index is 12.6. The first-order chi connectivity index (χ1) is 10.6. The van der Waals surface area contributed by atoms with E-state index < -0.39 is 23.3 Å². The van der Waals surface area contributed by atoms with E-state index in [2.05, 4.69) is 0 Å². The third kappa shape index (κ3) is 3.55. The van der Waals surface area contributed by atoms with Gasteiger partial charge < -0.3 is 0 Å². The zero-order chi connectivity index (χ0) is 15.9. The zero-order valence-electron chi connectivity index (χ0n) is 12.5. The molecular weight excluding hydrogens is 276 g/mol. The molecule has 0 aromatic heterocycles. The van der Waals surface area contributed by atoms with Crippen molar-refractivity contribution in [1.29, 1.82) is 0 Å². The molecule has 0 aliphatic heterocycles. The van der Waals surface area contributed by atoms with Crippen LogP contribution in [0.15, 0.2) is 60.7 Å². The number of carbonyl (C=O) groups is 3. The van der Waals surface area contributed by atoms with Crippen LogP contribution in [0.4, 0.5) is 0 Å². The second-order valence-corrected chi connectivity index (χ2v) is 5.12. The smallest absolute Gasteiger partial charge is 0.265 e. The molecule has 2 aromatic rings. The summed E-state index contributed by atoms with van der Waals surface area (Å²) < 4.78 is 0. The van der Waals surface area contributed by atoms with Gasteiger partial charge >= 0.3 is 0 Å². The molecule has 0 radical (unpaired) electrons. The van der Waals surface area contributed by atoms with Crippen molar-refractivity contribution in [2.75, 3.05) is 0 Å². The van der Waals surface area contributed by atoms with E-state index >= 15 is 0 Å². The molecule has 0 heterocycles. The maximum Gasteiger partial charge on any atom is 0.265 e. The summed E-state index contributed by atoms with van der Waals surface area (Å²) in [6.45, 7) is 1.81. The lowest BCUT2D eigenvalue weighted by molar-refractivity contribution is -0.144. The number of ketones is 3. The van der Waals surface area contributed by atoms with Crippen LogP contribution in [0.2, 0.25) is 0 Å². The number of Topliss-reactive ketones (excluding diaryl/α,β-unsaturated/α-hetero) is 3. The first-order valence-corrected chi connectivity index (χ1v) is 7.36. The van der Waals surface area contributed by atoms with Crippen molar-refractivity contribution < 1.29 is 14.4 Å². The van der Waals surface area contributed by atoms with Gasteiger partial charge in [-0.25, -0.2) is 0 Å². The molecule has 0 unspecified atom stereocenters. The molecule has 0 aliphatic carbocycles.